The highest BCUT2D eigenvalue weighted by molar-refractivity contribution is 7.89. The highest BCUT2D eigenvalue weighted by Gasteiger charge is 2.17. The first kappa shape index (κ1) is 21.7. The summed E-state index contributed by atoms with van der Waals surface area (Å²) in [6, 6.07) is 11.1. The van der Waals surface area contributed by atoms with E-state index in [1.165, 1.54) is 11.3 Å². The van der Waals surface area contributed by atoms with Crippen molar-refractivity contribution in [3.63, 3.8) is 0 Å². The molecule has 7 nitrogen and oxygen atoms in total. The van der Waals surface area contributed by atoms with Gasteiger partial charge in [0.15, 0.2) is 5.13 Å². The number of thiophene rings is 1. The molecule has 29 heavy (non-hydrogen) atoms. The molecule has 0 bridgehead atoms. The Kier molecular flexibility index (Phi) is 7.23. The molecule has 156 valence electrons. The number of hydrogen-bond acceptors (Lipinski definition) is 7. The third-order valence-corrected chi connectivity index (χ3v) is 7.88. The van der Waals surface area contributed by atoms with Crippen molar-refractivity contribution in [2.24, 2.45) is 0 Å². The van der Waals surface area contributed by atoms with Crippen molar-refractivity contribution in [1.29, 1.82) is 0 Å². The van der Waals surface area contributed by atoms with Crippen LogP contribution in [-0.4, -0.2) is 44.7 Å². The number of anilines is 1. The fourth-order valence-electron chi connectivity index (χ4n) is 2.71. The number of thiazole rings is 1. The molecule has 0 aliphatic carbocycles. The van der Waals surface area contributed by atoms with Gasteiger partial charge in [-0.05, 0) is 25.5 Å². The van der Waals surface area contributed by atoms with Crippen LogP contribution in [0.1, 0.15) is 29.1 Å². The van der Waals surface area contributed by atoms with E-state index in [0.29, 0.717) is 4.88 Å². The molecule has 0 spiro atoms. The molecule has 0 atom stereocenters. The minimum atomic E-state index is -3.47. The summed E-state index contributed by atoms with van der Waals surface area (Å²) in [6.45, 7) is 6.22. The molecule has 0 saturated heterocycles. The first-order chi connectivity index (χ1) is 13.9. The quantitative estimate of drug-likeness (QED) is 0.493. The van der Waals surface area contributed by atoms with Gasteiger partial charge in [-0.25, -0.2) is 18.1 Å². The number of hydrogen-bond donors (Lipinski definition) is 2. The fraction of sp³-hybridized carbons (Fsp3) is 0.368. The molecule has 2 heterocycles. The van der Waals surface area contributed by atoms with Crippen molar-refractivity contribution in [3.8, 4) is 0 Å². The van der Waals surface area contributed by atoms with Crippen LogP contribution in [0.3, 0.4) is 0 Å². The van der Waals surface area contributed by atoms with Gasteiger partial charge in [0.1, 0.15) is 4.83 Å². The zero-order valence-electron chi connectivity index (χ0n) is 16.3. The van der Waals surface area contributed by atoms with Crippen LogP contribution in [0, 0.1) is 0 Å². The van der Waals surface area contributed by atoms with Gasteiger partial charge in [-0.1, -0.05) is 41.7 Å². The summed E-state index contributed by atoms with van der Waals surface area (Å²) in [5.41, 5.74) is 0.885. The van der Waals surface area contributed by atoms with Crippen molar-refractivity contribution >= 4 is 53.3 Å². The van der Waals surface area contributed by atoms with Gasteiger partial charge in [-0.2, -0.15) is 0 Å². The van der Waals surface area contributed by atoms with E-state index >= 15 is 0 Å². The van der Waals surface area contributed by atoms with Crippen molar-refractivity contribution in [1.82, 2.24) is 15.0 Å². The maximum absolute atomic E-state index is 12.4. The van der Waals surface area contributed by atoms with E-state index in [9.17, 15) is 13.2 Å². The van der Waals surface area contributed by atoms with Crippen LogP contribution in [0.2, 0.25) is 0 Å². The Morgan fingerprint density at radius 1 is 1.14 bits per heavy atom. The molecule has 0 unspecified atom stereocenters. The zero-order valence-corrected chi connectivity index (χ0v) is 18.8. The molecular formula is C19H24N4O3S3. The molecule has 0 aliphatic rings. The van der Waals surface area contributed by atoms with Gasteiger partial charge in [0.2, 0.25) is 10.0 Å². The Bertz CT molecular complexity index is 1030. The van der Waals surface area contributed by atoms with Crippen molar-refractivity contribution in [3.05, 3.63) is 46.8 Å². The lowest BCUT2D eigenvalue weighted by Crippen LogP contribution is -2.34. The van der Waals surface area contributed by atoms with E-state index in [1.807, 2.05) is 36.4 Å². The molecule has 2 N–H and O–H groups in total. The monoisotopic (exact) mass is 452 g/mol. The van der Waals surface area contributed by atoms with Crippen molar-refractivity contribution < 1.29 is 13.2 Å². The second-order valence-electron chi connectivity index (χ2n) is 6.33. The Morgan fingerprint density at radius 3 is 2.52 bits per heavy atom. The number of aromatic nitrogens is 1. The molecule has 0 aliphatic heterocycles. The van der Waals surface area contributed by atoms with Crippen LogP contribution in [0.15, 0.2) is 36.4 Å². The minimum absolute atomic E-state index is 0.0482. The van der Waals surface area contributed by atoms with Gasteiger partial charge < -0.3 is 10.2 Å². The highest BCUT2D eigenvalue weighted by atomic mass is 32.2. The third-order valence-electron chi connectivity index (χ3n) is 4.33. The molecule has 0 radical (unpaired) electrons. The Morgan fingerprint density at radius 2 is 1.86 bits per heavy atom. The number of rotatable bonds is 10. The molecule has 1 aromatic carbocycles. The number of carbonyl (C=O) groups excluding carboxylic acids is 1. The molecule has 2 aromatic heterocycles. The highest BCUT2D eigenvalue weighted by Crippen LogP contribution is 2.34. The summed E-state index contributed by atoms with van der Waals surface area (Å²) in [4.78, 5) is 20.5. The second kappa shape index (κ2) is 9.66. The Labute approximate surface area is 178 Å². The Hall–Kier alpha value is -2.01. The minimum Gasteiger partial charge on any atom is -0.350 e. The van der Waals surface area contributed by atoms with Gasteiger partial charge in [-0.15, -0.1) is 11.3 Å². The summed E-state index contributed by atoms with van der Waals surface area (Å²) in [5.74, 6) is -0.446. The summed E-state index contributed by atoms with van der Waals surface area (Å²) in [7, 11) is -3.47. The molecule has 1 amide bonds. The largest absolute Gasteiger partial charge is 0.350 e. The molecule has 3 rings (SSSR count). The average Bonchev–Trinajstić information content (AvgIpc) is 3.27. The lowest BCUT2D eigenvalue weighted by Gasteiger charge is -2.16. The van der Waals surface area contributed by atoms with Crippen LogP contribution in [0.25, 0.3) is 9.53 Å². The maximum Gasteiger partial charge on any atom is 0.261 e. The second-order valence-corrected chi connectivity index (χ2v) is 10.3. The predicted molar refractivity (Wildman–Crippen MR) is 120 cm³/mol. The Balaban J connectivity index is 1.51. The molecule has 0 saturated carbocycles. The smallest absolute Gasteiger partial charge is 0.261 e. The fourth-order valence-corrected chi connectivity index (χ4v) is 5.87. The molecule has 10 heteroatoms. The predicted octanol–water partition coefficient (Wildman–Crippen LogP) is 3.05. The zero-order chi connectivity index (χ0) is 20.9. The van der Waals surface area contributed by atoms with Gasteiger partial charge in [-0.3, -0.25) is 4.79 Å². The van der Waals surface area contributed by atoms with E-state index in [1.54, 1.807) is 11.3 Å². The van der Waals surface area contributed by atoms with Gasteiger partial charge in [0.25, 0.3) is 5.91 Å². The number of sulfonamides is 1. The van der Waals surface area contributed by atoms with E-state index < -0.39 is 10.0 Å². The lowest BCUT2D eigenvalue weighted by molar-refractivity contribution is 0.0960. The summed E-state index contributed by atoms with van der Waals surface area (Å²) in [5, 5.41) is 3.64. The average molecular weight is 453 g/mol. The summed E-state index contributed by atoms with van der Waals surface area (Å²) in [6.07, 6.45) is 0. The van der Waals surface area contributed by atoms with Gasteiger partial charge >= 0.3 is 0 Å². The van der Waals surface area contributed by atoms with E-state index in [4.69, 9.17) is 0 Å². The third kappa shape index (κ3) is 5.75. The van der Waals surface area contributed by atoms with E-state index in [-0.39, 0.29) is 24.7 Å². The number of benzene rings is 1. The van der Waals surface area contributed by atoms with E-state index in [0.717, 1.165) is 33.3 Å². The number of nitrogens with zero attached hydrogens (tertiary/aromatic N) is 2. The van der Waals surface area contributed by atoms with Crippen molar-refractivity contribution in [2.75, 3.05) is 30.3 Å². The van der Waals surface area contributed by atoms with Gasteiger partial charge in [0, 0.05) is 26.2 Å². The molecule has 3 aromatic rings. The molecule has 0 fully saturated rings. The first-order valence-corrected chi connectivity index (χ1v) is 12.6. The molecular weight excluding hydrogens is 428 g/mol. The van der Waals surface area contributed by atoms with Crippen LogP contribution in [-0.2, 0) is 16.6 Å². The standard InChI is InChI=1S/C19H24N4O3S3/c1-3-23(4-2)19-22-18-16(28-19)12-15(27-18)17(24)20-10-11-29(25,26)21-13-14-8-6-5-7-9-14/h5-9,12,21H,3-4,10-11,13H2,1-2H3,(H,20,24). The lowest BCUT2D eigenvalue weighted by atomic mass is 10.2. The number of amides is 1. The van der Waals surface area contributed by atoms with Crippen LogP contribution >= 0.6 is 22.7 Å². The number of carbonyl (C=O) groups is 1. The van der Waals surface area contributed by atoms with Gasteiger partial charge in [0.05, 0.1) is 15.3 Å². The normalized spacial score (nSPS) is 11.7. The summed E-state index contributed by atoms with van der Waals surface area (Å²) < 4.78 is 27.7. The van der Waals surface area contributed by atoms with E-state index in [2.05, 4.69) is 33.8 Å². The first-order valence-electron chi connectivity index (χ1n) is 9.36. The number of fused-ring (bicyclic) bond motifs is 1. The summed E-state index contributed by atoms with van der Waals surface area (Å²) >= 11 is 2.89. The van der Waals surface area contributed by atoms with Crippen LogP contribution < -0.4 is 14.9 Å². The number of nitrogens with one attached hydrogen (secondary N) is 2. The van der Waals surface area contributed by atoms with Crippen LogP contribution in [0.4, 0.5) is 5.13 Å². The van der Waals surface area contributed by atoms with Crippen molar-refractivity contribution in [2.45, 2.75) is 20.4 Å². The topological polar surface area (TPSA) is 91.4 Å². The maximum atomic E-state index is 12.4. The SMILES string of the molecule is CCN(CC)c1nc2sc(C(=O)NCCS(=O)(=O)NCc3ccccc3)cc2s1. The van der Waals surface area contributed by atoms with Crippen LogP contribution in [0.5, 0.6) is 0 Å².